The number of anilines is 1. The second-order valence-electron chi connectivity index (χ2n) is 8.62. The number of amides is 1. The van der Waals surface area contributed by atoms with Crippen LogP contribution in [-0.4, -0.2) is 22.3 Å². The van der Waals surface area contributed by atoms with E-state index in [1.807, 2.05) is 30.3 Å². The van der Waals surface area contributed by atoms with Crippen molar-refractivity contribution in [2.24, 2.45) is 0 Å². The Balaban J connectivity index is 0.00000256. The fourth-order valence-electron chi connectivity index (χ4n) is 3.57. The largest absolute Gasteiger partial charge is 0.298 e. The Morgan fingerprint density at radius 2 is 1.80 bits per heavy atom. The fourth-order valence-corrected chi connectivity index (χ4v) is 4.61. The van der Waals surface area contributed by atoms with E-state index in [2.05, 4.69) is 60.2 Å². The lowest BCUT2D eigenvalue weighted by molar-refractivity contribution is 0.102. The van der Waals surface area contributed by atoms with E-state index in [9.17, 15) is 4.79 Å². The minimum atomic E-state index is -0.0994. The molecule has 0 bridgehead atoms. The summed E-state index contributed by atoms with van der Waals surface area (Å²) in [6, 6.07) is 18.4. The SMILES string of the molecule is CC(C)(C)c1ccc(C(=O)Nc2nc3c(s2)CN(Cc2ccccc2)CC3)cc1.Cl. The molecule has 158 valence electrons. The molecule has 0 aliphatic carbocycles. The number of aromatic nitrogens is 1. The van der Waals surface area contributed by atoms with Gasteiger partial charge in [0.2, 0.25) is 0 Å². The molecule has 0 atom stereocenters. The van der Waals surface area contributed by atoms with Gasteiger partial charge in [-0.2, -0.15) is 0 Å². The van der Waals surface area contributed by atoms with Crippen molar-refractivity contribution in [3.05, 3.63) is 81.9 Å². The number of nitrogens with zero attached hydrogens (tertiary/aromatic N) is 2. The van der Waals surface area contributed by atoms with Crippen molar-refractivity contribution in [1.29, 1.82) is 0 Å². The van der Waals surface area contributed by atoms with Crippen LogP contribution in [0.4, 0.5) is 5.13 Å². The molecule has 2 heterocycles. The Morgan fingerprint density at radius 1 is 1.10 bits per heavy atom. The van der Waals surface area contributed by atoms with Crippen LogP contribution in [0.15, 0.2) is 54.6 Å². The summed E-state index contributed by atoms with van der Waals surface area (Å²) in [5, 5.41) is 3.68. The zero-order chi connectivity index (χ0) is 20.4. The van der Waals surface area contributed by atoms with E-state index in [0.29, 0.717) is 10.7 Å². The van der Waals surface area contributed by atoms with Gasteiger partial charge in [-0.25, -0.2) is 4.98 Å². The molecule has 0 radical (unpaired) electrons. The molecule has 0 spiro atoms. The lowest BCUT2D eigenvalue weighted by Crippen LogP contribution is -2.29. The Kier molecular flexibility index (Phi) is 6.96. The molecule has 0 saturated heterocycles. The summed E-state index contributed by atoms with van der Waals surface area (Å²) < 4.78 is 0. The highest BCUT2D eigenvalue weighted by Gasteiger charge is 2.22. The smallest absolute Gasteiger partial charge is 0.257 e. The molecule has 1 aliphatic rings. The van der Waals surface area contributed by atoms with Crippen LogP contribution in [0.1, 0.15) is 52.8 Å². The highest BCUT2D eigenvalue weighted by atomic mass is 35.5. The van der Waals surface area contributed by atoms with Gasteiger partial charge in [0, 0.05) is 36.5 Å². The van der Waals surface area contributed by atoms with Crippen molar-refractivity contribution in [3.8, 4) is 0 Å². The monoisotopic (exact) mass is 441 g/mol. The average Bonchev–Trinajstić information content (AvgIpc) is 3.09. The van der Waals surface area contributed by atoms with Gasteiger partial charge >= 0.3 is 0 Å². The molecule has 0 saturated carbocycles. The van der Waals surface area contributed by atoms with Crippen LogP contribution in [0.3, 0.4) is 0 Å². The summed E-state index contributed by atoms with van der Waals surface area (Å²) in [5.74, 6) is -0.0994. The molecule has 4 rings (SSSR count). The highest BCUT2D eigenvalue weighted by Crippen LogP contribution is 2.29. The molecule has 2 aromatic carbocycles. The first-order valence-electron chi connectivity index (χ1n) is 10.1. The Hall–Kier alpha value is -2.21. The molecule has 6 heteroatoms. The van der Waals surface area contributed by atoms with Gasteiger partial charge in [-0.3, -0.25) is 15.0 Å². The number of carbonyl (C=O) groups excluding carboxylic acids is 1. The number of hydrogen-bond donors (Lipinski definition) is 1. The predicted molar refractivity (Wildman–Crippen MR) is 127 cm³/mol. The third-order valence-electron chi connectivity index (χ3n) is 5.29. The molecule has 1 aliphatic heterocycles. The number of carbonyl (C=O) groups is 1. The maximum absolute atomic E-state index is 12.6. The van der Waals surface area contributed by atoms with Gasteiger partial charge in [0.1, 0.15) is 0 Å². The van der Waals surface area contributed by atoms with Gasteiger partial charge in [0.05, 0.1) is 5.69 Å². The lowest BCUT2D eigenvalue weighted by Gasteiger charge is -2.25. The zero-order valence-electron chi connectivity index (χ0n) is 17.6. The number of halogens is 1. The van der Waals surface area contributed by atoms with Gasteiger partial charge in [-0.05, 0) is 28.7 Å². The topological polar surface area (TPSA) is 45.2 Å². The van der Waals surface area contributed by atoms with Crippen LogP contribution in [0.5, 0.6) is 0 Å². The van der Waals surface area contributed by atoms with Gasteiger partial charge in [-0.1, -0.05) is 63.2 Å². The van der Waals surface area contributed by atoms with E-state index in [-0.39, 0.29) is 23.7 Å². The van der Waals surface area contributed by atoms with Crippen LogP contribution < -0.4 is 5.32 Å². The van der Waals surface area contributed by atoms with Crippen LogP contribution in [-0.2, 0) is 24.9 Å². The Bertz CT molecular complexity index is 994. The number of fused-ring (bicyclic) bond motifs is 1. The molecule has 0 unspecified atom stereocenters. The first-order chi connectivity index (χ1) is 13.9. The summed E-state index contributed by atoms with van der Waals surface area (Å²) in [6.45, 7) is 9.33. The molecule has 4 nitrogen and oxygen atoms in total. The summed E-state index contributed by atoms with van der Waals surface area (Å²) in [7, 11) is 0. The highest BCUT2D eigenvalue weighted by molar-refractivity contribution is 7.15. The minimum Gasteiger partial charge on any atom is -0.298 e. The number of thiazole rings is 1. The molecule has 0 fully saturated rings. The van der Waals surface area contributed by atoms with Crippen molar-refractivity contribution in [1.82, 2.24) is 9.88 Å². The van der Waals surface area contributed by atoms with Crippen LogP contribution >= 0.6 is 23.7 Å². The van der Waals surface area contributed by atoms with Crippen molar-refractivity contribution < 1.29 is 4.79 Å². The molecule has 1 aromatic heterocycles. The molecule has 3 aromatic rings. The molecule has 1 N–H and O–H groups in total. The number of nitrogens with one attached hydrogen (secondary N) is 1. The van der Waals surface area contributed by atoms with Crippen LogP contribution in [0.25, 0.3) is 0 Å². The van der Waals surface area contributed by atoms with Crippen molar-refractivity contribution in [3.63, 3.8) is 0 Å². The summed E-state index contributed by atoms with van der Waals surface area (Å²) in [4.78, 5) is 21.0. The summed E-state index contributed by atoms with van der Waals surface area (Å²) in [6.07, 6.45) is 0.925. The van der Waals surface area contributed by atoms with Crippen LogP contribution in [0, 0.1) is 0 Å². The molecule has 1 amide bonds. The van der Waals surface area contributed by atoms with Gasteiger partial charge in [0.15, 0.2) is 5.13 Å². The van der Waals surface area contributed by atoms with Crippen LogP contribution in [0.2, 0.25) is 0 Å². The van der Waals surface area contributed by atoms with Gasteiger partial charge < -0.3 is 0 Å². The second kappa shape index (κ2) is 9.29. The molecule has 30 heavy (non-hydrogen) atoms. The van der Waals surface area contributed by atoms with E-state index in [4.69, 9.17) is 0 Å². The quantitative estimate of drug-likeness (QED) is 0.567. The third-order valence-corrected chi connectivity index (χ3v) is 6.29. The van der Waals surface area contributed by atoms with Crippen molar-refractivity contribution in [2.45, 2.75) is 45.7 Å². The summed E-state index contributed by atoms with van der Waals surface area (Å²) in [5.41, 5.74) is 4.41. The maximum atomic E-state index is 12.6. The van der Waals surface area contributed by atoms with Gasteiger partial charge in [0.25, 0.3) is 5.91 Å². The third kappa shape index (κ3) is 5.28. The van der Waals surface area contributed by atoms with E-state index in [1.165, 1.54) is 16.0 Å². The fraction of sp³-hybridized carbons (Fsp3) is 0.333. The predicted octanol–water partition coefficient (Wildman–Crippen LogP) is 5.67. The van der Waals surface area contributed by atoms with E-state index in [1.54, 1.807) is 11.3 Å². The molecular weight excluding hydrogens is 414 g/mol. The number of benzene rings is 2. The van der Waals surface area contributed by atoms with E-state index >= 15 is 0 Å². The van der Waals surface area contributed by atoms with E-state index in [0.717, 1.165) is 31.7 Å². The summed E-state index contributed by atoms with van der Waals surface area (Å²) >= 11 is 1.60. The first kappa shape index (κ1) is 22.5. The Morgan fingerprint density at radius 3 is 2.47 bits per heavy atom. The standard InChI is InChI=1S/C24H27N3OS.ClH/c1-24(2,3)19-11-9-18(10-12-19)22(28)26-23-25-20-13-14-27(16-21(20)29-23)15-17-7-5-4-6-8-17;/h4-12H,13-16H2,1-3H3,(H,25,26,28);1H. The number of hydrogen-bond acceptors (Lipinski definition) is 4. The van der Waals surface area contributed by atoms with E-state index < -0.39 is 0 Å². The zero-order valence-corrected chi connectivity index (χ0v) is 19.3. The first-order valence-corrected chi connectivity index (χ1v) is 10.9. The van der Waals surface area contributed by atoms with Gasteiger partial charge in [-0.15, -0.1) is 23.7 Å². The second-order valence-corrected chi connectivity index (χ2v) is 9.70. The van der Waals surface area contributed by atoms with Crippen molar-refractivity contribution in [2.75, 3.05) is 11.9 Å². The molecular formula is C24H28ClN3OS. The minimum absolute atomic E-state index is 0. The normalized spacial score (nSPS) is 14.0. The average molecular weight is 442 g/mol. The Labute approximate surface area is 188 Å². The number of rotatable bonds is 4. The maximum Gasteiger partial charge on any atom is 0.257 e. The van der Waals surface area contributed by atoms with Crippen molar-refractivity contribution >= 4 is 34.8 Å². The lowest BCUT2D eigenvalue weighted by atomic mass is 9.87.